The van der Waals surface area contributed by atoms with E-state index in [2.05, 4.69) is 10.5 Å². The largest absolute Gasteiger partial charge is 0.396 e. The predicted octanol–water partition coefficient (Wildman–Crippen LogP) is 0.286. The molecule has 1 saturated heterocycles. The van der Waals surface area contributed by atoms with E-state index in [4.69, 9.17) is 9.63 Å². The lowest BCUT2D eigenvalue weighted by Crippen LogP contribution is -2.07. The zero-order valence-electron chi connectivity index (χ0n) is 7.49. The van der Waals surface area contributed by atoms with Gasteiger partial charge in [0.05, 0.1) is 12.3 Å². The Morgan fingerprint density at radius 3 is 3.31 bits per heavy atom. The van der Waals surface area contributed by atoms with Crippen LogP contribution in [0.3, 0.4) is 0 Å². The smallest absolute Gasteiger partial charge is 0.139 e. The summed E-state index contributed by atoms with van der Waals surface area (Å²) in [6.45, 7) is 2.18. The molecule has 1 aliphatic rings. The zero-order valence-corrected chi connectivity index (χ0v) is 7.49. The average molecular weight is 182 g/mol. The molecule has 2 rings (SSSR count). The van der Waals surface area contributed by atoms with Crippen LogP contribution in [0.25, 0.3) is 0 Å². The standard InChI is InChI=1S/C9H14N2O2/c12-4-2-8-5-9(11-13-8)7-1-3-10-6-7/h5,7,10,12H,1-4,6H2/t7-/m1/s1. The lowest BCUT2D eigenvalue weighted by molar-refractivity contribution is 0.276. The molecule has 0 aromatic carbocycles. The van der Waals surface area contributed by atoms with Crippen molar-refractivity contribution in [3.8, 4) is 0 Å². The van der Waals surface area contributed by atoms with E-state index >= 15 is 0 Å². The van der Waals surface area contributed by atoms with Crippen LogP contribution in [-0.2, 0) is 6.42 Å². The first kappa shape index (κ1) is 8.72. The van der Waals surface area contributed by atoms with Crippen LogP contribution in [0.15, 0.2) is 10.6 Å². The highest BCUT2D eigenvalue weighted by atomic mass is 16.5. The Morgan fingerprint density at radius 2 is 2.62 bits per heavy atom. The highest BCUT2D eigenvalue weighted by Crippen LogP contribution is 2.21. The molecular weight excluding hydrogens is 168 g/mol. The Kier molecular flexibility index (Phi) is 2.61. The summed E-state index contributed by atoms with van der Waals surface area (Å²) < 4.78 is 5.08. The maximum atomic E-state index is 8.69. The number of aliphatic hydroxyl groups is 1. The van der Waals surface area contributed by atoms with Crippen molar-refractivity contribution in [3.05, 3.63) is 17.5 Å². The molecule has 1 fully saturated rings. The van der Waals surface area contributed by atoms with Gasteiger partial charge in [-0.05, 0) is 13.0 Å². The van der Waals surface area contributed by atoms with Crippen molar-refractivity contribution in [2.45, 2.75) is 18.8 Å². The summed E-state index contributed by atoms with van der Waals surface area (Å²) in [5.41, 5.74) is 1.02. The molecule has 0 unspecified atom stereocenters. The summed E-state index contributed by atoms with van der Waals surface area (Å²) in [6, 6.07) is 1.95. The quantitative estimate of drug-likeness (QED) is 0.705. The number of aromatic nitrogens is 1. The number of hydrogen-bond donors (Lipinski definition) is 2. The fourth-order valence-corrected chi connectivity index (χ4v) is 1.66. The molecule has 1 aromatic heterocycles. The average Bonchev–Trinajstić information content (AvgIpc) is 2.70. The highest BCUT2D eigenvalue weighted by Gasteiger charge is 2.19. The third-order valence-electron chi connectivity index (χ3n) is 2.41. The third kappa shape index (κ3) is 1.89. The number of rotatable bonds is 3. The first-order chi connectivity index (χ1) is 6.40. The molecule has 0 radical (unpaired) electrons. The van der Waals surface area contributed by atoms with Crippen LogP contribution in [0.5, 0.6) is 0 Å². The number of aliphatic hydroxyl groups excluding tert-OH is 1. The molecule has 0 spiro atoms. The normalized spacial score (nSPS) is 22.4. The van der Waals surface area contributed by atoms with Crippen LogP contribution in [0.2, 0.25) is 0 Å². The molecular formula is C9H14N2O2. The van der Waals surface area contributed by atoms with E-state index in [-0.39, 0.29) is 6.61 Å². The first-order valence-electron chi connectivity index (χ1n) is 4.67. The van der Waals surface area contributed by atoms with Gasteiger partial charge in [0.2, 0.25) is 0 Å². The van der Waals surface area contributed by atoms with Gasteiger partial charge in [0.15, 0.2) is 0 Å². The van der Waals surface area contributed by atoms with Gasteiger partial charge in [-0.15, -0.1) is 0 Å². The van der Waals surface area contributed by atoms with Gasteiger partial charge < -0.3 is 14.9 Å². The summed E-state index contributed by atoms with van der Waals surface area (Å²) in [7, 11) is 0. The van der Waals surface area contributed by atoms with Crippen molar-refractivity contribution >= 4 is 0 Å². The van der Waals surface area contributed by atoms with E-state index in [9.17, 15) is 0 Å². The van der Waals surface area contributed by atoms with Crippen molar-refractivity contribution in [1.29, 1.82) is 0 Å². The number of nitrogens with one attached hydrogen (secondary N) is 1. The molecule has 1 atom stereocenters. The second-order valence-electron chi connectivity index (χ2n) is 3.38. The Morgan fingerprint density at radius 1 is 1.69 bits per heavy atom. The van der Waals surface area contributed by atoms with E-state index in [0.717, 1.165) is 31.0 Å². The summed E-state index contributed by atoms with van der Waals surface area (Å²) in [4.78, 5) is 0. The number of hydrogen-bond acceptors (Lipinski definition) is 4. The van der Waals surface area contributed by atoms with Crippen molar-refractivity contribution in [1.82, 2.24) is 10.5 Å². The Hall–Kier alpha value is -0.870. The van der Waals surface area contributed by atoms with Crippen molar-refractivity contribution in [3.63, 3.8) is 0 Å². The molecule has 0 amide bonds. The highest BCUT2D eigenvalue weighted by molar-refractivity contribution is 5.12. The Bertz CT molecular complexity index is 266. The van der Waals surface area contributed by atoms with Crippen LogP contribution in [-0.4, -0.2) is 30.0 Å². The summed E-state index contributed by atoms with van der Waals surface area (Å²) >= 11 is 0. The zero-order chi connectivity index (χ0) is 9.10. The topological polar surface area (TPSA) is 58.3 Å². The Labute approximate surface area is 76.9 Å². The van der Waals surface area contributed by atoms with Gasteiger partial charge in [0, 0.05) is 24.9 Å². The molecule has 1 aromatic rings. The molecule has 72 valence electrons. The van der Waals surface area contributed by atoms with Gasteiger partial charge in [0.1, 0.15) is 5.76 Å². The van der Waals surface area contributed by atoms with Crippen molar-refractivity contribution < 1.29 is 9.63 Å². The fraction of sp³-hybridized carbons (Fsp3) is 0.667. The van der Waals surface area contributed by atoms with Crippen molar-refractivity contribution in [2.24, 2.45) is 0 Å². The van der Waals surface area contributed by atoms with E-state index in [1.165, 1.54) is 0 Å². The summed E-state index contributed by atoms with van der Waals surface area (Å²) in [5.74, 6) is 1.28. The molecule has 4 heteroatoms. The first-order valence-corrected chi connectivity index (χ1v) is 4.67. The minimum Gasteiger partial charge on any atom is -0.396 e. The fourth-order valence-electron chi connectivity index (χ4n) is 1.66. The summed E-state index contributed by atoms with van der Waals surface area (Å²) in [5, 5.41) is 16.0. The van der Waals surface area contributed by atoms with Gasteiger partial charge in [-0.3, -0.25) is 0 Å². The lowest BCUT2D eigenvalue weighted by Gasteiger charge is -1.99. The molecule has 1 aliphatic heterocycles. The van der Waals surface area contributed by atoms with Gasteiger partial charge in [0.25, 0.3) is 0 Å². The van der Waals surface area contributed by atoms with Crippen LogP contribution in [0, 0.1) is 0 Å². The summed E-state index contributed by atoms with van der Waals surface area (Å²) in [6.07, 6.45) is 1.69. The third-order valence-corrected chi connectivity index (χ3v) is 2.41. The van der Waals surface area contributed by atoms with E-state index in [1.54, 1.807) is 0 Å². The second-order valence-corrected chi connectivity index (χ2v) is 3.38. The molecule has 0 aliphatic carbocycles. The SMILES string of the molecule is OCCc1cc([C@@H]2CCNC2)no1. The minimum absolute atomic E-state index is 0.123. The van der Waals surface area contributed by atoms with E-state index in [0.29, 0.717) is 12.3 Å². The van der Waals surface area contributed by atoms with E-state index in [1.807, 2.05) is 6.07 Å². The van der Waals surface area contributed by atoms with E-state index < -0.39 is 0 Å². The van der Waals surface area contributed by atoms with Gasteiger partial charge in [-0.2, -0.15) is 0 Å². The van der Waals surface area contributed by atoms with Gasteiger partial charge >= 0.3 is 0 Å². The van der Waals surface area contributed by atoms with Gasteiger partial charge in [-0.25, -0.2) is 0 Å². The molecule has 13 heavy (non-hydrogen) atoms. The molecule has 2 heterocycles. The minimum atomic E-state index is 0.123. The van der Waals surface area contributed by atoms with Crippen LogP contribution >= 0.6 is 0 Å². The van der Waals surface area contributed by atoms with Gasteiger partial charge in [-0.1, -0.05) is 5.16 Å². The maximum absolute atomic E-state index is 8.69. The molecule has 4 nitrogen and oxygen atoms in total. The molecule has 0 saturated carbocycles. The second kappa shape index (κ2) is 3.89. The van der Waals surface area contributed by atoms with Crippen LogP contribution in [0.4, 0.5) is 0 Å². The lowest BCUT2D eigenvalue weighted by atomic mass is 10.0. The Balaban J connectivity index is 2.03. The molecule has 2 N–H and O–H groups in total. The molecule has 0 bridgehead atoms. The predicted molar refractivity (Wildman–Crippen MR) is 47.5 cm³/mol. The monoisotopic (exact) mass is 182 g/mol. The maximum Gasteiger partial charge on any atom is 0.139 e. The van der Waals surface area contributed by atoms with Crippen LogP contribution in [0.1, 0.15) is 23.8 Å². The van der Waals surface area contributed by atoms with Crippen molar-refractivity contribution in [2.75, 3.05) is 19.7 Å². The number of nitrogens with zero attached hydrogens (tertiary/aromatic N) is 1. The van der Waals surface area contributed by atoms with Crippen LogP contribution < -0.4 is 5.32 Å².